The Bertz CT molecular complexity index is 818. The molecular formula is C15H8F7NO2. The first-order valence-corrected chi connectivity index (χ1v) is 6.49. The molecule has 0 aliphatic heterocycles. The lowest BCUT2D eigenvalue weighted by Crippen LogP contribution is -2.28. The highest BCUT2D eigenvalue weighted by Crippen LogP contribution is 2.38. The van der Waals surface area contributed by atoms with Gasteiger partial charge in [-0.2, -0.15) is 22.0 Å². The molecule has 0 bridgehead atoms. The fraction of sp³-hybridized carbons (Fsp3) is 0.133. The van der Waals surface area contributed by atoms with Crippen LogP contribution in [0.25, 0.3) is 0 Å². The summed E-state index contributed by atoms with van der Waals surface area (Å²) in [5.74, 6) is -6.43. The van der Waals surface area contributed by atoms with Gasteiger partial charge in [-0.3, -0.25) is 0 Å². The maximum absolute atomic E-state index is 14.2. The Morgan fingerprint density at radius 2 is 1.40 bits per heavy atom. The highest BCUT2D eigenvalue weighted by molar-refractivity contribution is 5.94. The summed E-state index contributed by atoms with van der Waals surface area (Å²) in [6.07, 6.45) is -5.26. The maximum atomic E-state index is 14.2. The molecule has 2 rings (SSSR count). The number of hydrogen-bond donors (Lipinski definition) is 2. The lowest BCUT2D eigenvalue weighted by atomic mass is 10.1. The van der Waals surface area contributed by atoms with Gasteiger partial charge < -0.3 is 10.4 Å². The molecule has 10 heteroatoms. The SMILES string of the molecule is O=C(O)c1ccccc1NC(F)(F)c1ccc(C(F)(F)F)c(F)c1F. The van der Waals surface area contributed by atoms with Gasteiger partial charge >= 0.3 is 18.2 Å². The van der Waals surface area contributed by atoms with Crippen LogP contribution >= 0.6 is 0 Å². The quantitative estimate of drug-likeness (QED) is 0.600. The van der Waals surface area contributed by atoms with Crippen LogP contribution in [0.2, 0.25) is 0 Å². The molecule has 0 saturated carbocycles. The molecule has 0 heterocycles. The molecule has 0 spiro atoms. The Morgan fingerprint density at radius 1 is 0.880 bits per heavy atom. The predicted molar refractivity (Wildman–Crippen MR) is 72.3 cm³/mol. The van der Waals surface area contributed by atoms with Crippen molar-refractivity contribution in [2.24, 2.45) is 0 Å². The third kappa shape index (κ3) is 3.67. The summed E-state index contributed by atoms with van der Waals surface area (Å²) in [5.41, 5.74) is -4.94. The minimum atomic E-state index is -5.26. The minimum absolute atomic E-state index is 0.0214. The number of carboxylic acid groups (broad SMARTS) is 1. The number of alkyl halides is 5. The first-order chi connectivity index (χ1) is 11.4. The number of nitrogens with one attached hydrogen (secondary N) is 1. The number of carboxylic acids is 1. The molecular weight excluding hydrogens is 359 g/mol. The van der Waals surface area contributed by atoms with E-state index in [1.807, 2.05) is 0 Å². The molecule has 0 aromatic heterocycles. The van der Waals surface area contributed by atoms with Crippen LogP contribution in [0.4, 0.5) is 36.4 Å². The van der Waals surface area contributed by atoms with Gasteiger partial charge in [-0.25, -0.2) is 13.6 Å². The number of halogens is 7. The summed E-state index contributed by atoms with van der Waals surface area (Å²) in [6.45, 7) is 0. The van der Waals surface area contributed by atoms with E-state index in [2.05, 4.69) is 0 Å². The molecule has 25 heavy (non-hydrogen) atoms. The van der Waals surface area contributed by atoms with Gasteiger partial charge in [0.25, 0.3) is 0 Å². The van der Waals surface area contributed by atoms with Crippen molar-refractivity contribution < 1.29 is 40.6 Å². The van der Waals surface area contributed by atoms with Crippen LogP contribution in [0, 0.1) is 11.6 Å². The number of anilines is 1. The van der Waals surface area contributed by atoms with E-state index in [4.69, 9.17) is 5.11 Å². The number of benzene rings is 2. The third-order valence-corrected chi connectivity index (χ3v) is 3.18. The summed E-state index contributed by atoms with van der Waals surface area (Å²) < 4.78 is 93.0. The third-order valence-electron chi connectivity index (χ3n) is 3.18. The molecule has 2 aromatic rings. The molecule has 0 amide bonds. The highest BCUT2D eigenvalue weighted by Gasteiger charge is 2.41. The van der Waals surface area contributed by atoms with E-state index < -0.39 is 52.2 Å². The fourth-order valence-corrected chi connectivity index (χ4v) is 2.03. The molecule has 0 saturated heterocycles. The smallest absolute Gasteiger partial charge is 0.419 e. The van der Waals surface area contributed by atoms with Crippen molar-refractivity contribution in [3.8, 4) is 0 Å². The van der Waals surface area contributed by atoms with Gasteiger partial charge in [0.1, 0.15) is 0 Å². The highest BCUT2D eigenvalue weighted by atomic mass is 19.4. The van der Waals surface area contributed by atoms with E-state index in [1.54, 1.807) is 0 Å². The Balaban J connectivity index is 2.48. The first-order valence-electron chi connectivity index (χ1n) is 6.49. The number of rotatable bonds is 4. The van der Waals surface area contributed by atoms with E-state index in [0.29, 0.717) is 0 Å². The molecule has 134 valence electrons. The van der Waals surface area contributed by atoms with Gasteiger partial charge in [0.2, 0.25) is 0 Å². The van der Waals surface area contributed by atoms with E-state index in [-0.39, 0.29) is 12.1 Å². The lowest BCUT2D eigenvalue weighted by Gasteiger charge is -2.22. The molecule has 0 unspecified atom stereocenters. The van der Waals surface area contributed by atoms with Crippen molar-refractivity contribution in [3.05, 3.63) is 64.7 Å². The van der Waals surface area contributed by atoms with Crippen molar-refractivity contribution in [3.63, 3.8) is 0 Å². The largest absolute Gasteiger partial charge is 0.478 e. The van der Waals surface area contributed by atoms with Crippen LogP contribution in [-0.4, -0.2) is 11.1 Å². The van der Waals surface area contributed by atoms with Crippen molar-refractivity contribution in [1.29, 1.82) is 0 Å². The predicted octanol–water partition coefficient (Wildman–Crippen LogP) is 4.84. The van der Waals surface area contributed by atoms with Gasteiger partial charge in [-0.05, 0) is 24.3 Å². The van der Waals surface area contributed by atoms with Crippen LogP contribution in [0.5, 0.6) is 0 Å². The topological polar surface area (TPSA) is 49.3 Å². The molecule has 2 aromatic carbocycles. The molecule has 3 nitrogen and oxygen atoms in total. The van der Waals surface area contributed by atoms with E-state index in [0.717, 1.165) is 12.1 Å². The second-order valence-corrected chi connectivity index (χ2v) is 4.84. The molecule has 0 aliphatic rings. The summed E-state index contributed by atoms with van der Waals surface area (Å²) in [5, 5.41) is 10.3. The second-order valence-electron chi connectivity index (χ2n) is 4.84. The molecule has 0 aliphatic carbocycles. The van der Waals surface area contributed by atoms with Crippen LogP contribution in [0.1, 0.15) is 21.5 Å². The summed E-state index contributed by atoms with van der Waals surface area (Å²) >= 11 is 0. The zero-order chi connectivity index (χ0) is 19.0. The minimum Gasteiger partial charge on any atom is -0.478 e. The second kappa shape index (κ2) is 6.26. The van der Waals surface area contributed by atoms with E-state index >= 15 is 0 Å². The molecule has 2 N–H and O–H groups in total. The van der Waals surface area contributed by atoms with Crippen LogP contribution in [0.15, 0.2) is 36.4 Å². The fourth-order valence-electron chi connectivity index (χ4n) is 2.03. The van der Waals surface area contributed by atoms with Crippen LogP contribution < -0.4 is 5.32 Å². The Hall–Kier alpha value is -2.78. The number of aromatic carboxylic acids is 1. The molecule has 0 fully saturated rings. The van der Waals surface area contributed by atoms with E-state index in [9.17, 15) is 35.5 Å². The van der Waals surface area contributed by atoms with Gasteiger partial charge in [0.15, 0.2) is 11.6 Å². The standard InChI is InChI=1S/C15H8F7NO2/c16-11-8(14(18,19)20)5-6-9(12(11)17)15(21,22)23-10-4-2-1-3-7(10)13(24)25/h1-6,23H,(H,24,25). The number of hydrogen-bond acceptors (Lipinski definition) is 2. The van der Waals surface area contributed by atoms with Crippen molar-refractivity contribution >= 4 is 11.7 Å². The van der Waals surface area contributed by atoms with E-state index in [1.165, 1.54) is 17.4 Å². The van der Waals surface area contributed by atoms with Crippen molar-refractivity contribution in [1.82, 2.24) is 0 Å². The number of carbonyl (C=O) groups is 1. The molecule has 0 atom stereocenters. The van der Waals surface area contributed by atoms with Gasteiger partial charge in [-0.1, -0.05) is 12.1 Å². The monoisotopic (exact) mass is 367 g/mol. The number of para-hydroxylation sites is 1. The van der Waals surface area contributed by atoms with Crippen molar-refractivity contribution in [2.75, 3.05) is 5.32 Å². The van der Waals surface area contributed by atoms with Gasteiger partial charge in [-0.15, -0.1) is 0 Å². The maximum Gasteiger partial charge on any atom is 0.419 e. The van der Waals surface area contributed by atoms with Gasteiger partial charge in [0, 0.05) is 0 Å². The average molecular weight is 367 g/mol. The van der Waals surface area contributed by atoms with Crippen molar-refractivity contribution in [2.45, 2.75) is 12.2 Å². The summed E-state index contributed by atoms with van der Waals surface area (Å²) in [4.78, 5) is 11.0. The van der Waals surface area contributed by atoms with Crippen LogP contribution in [-0.2, 0) is 12.2 Å². The summed E-state index contributed by atoms with van der Waals surface area (Å²) in [6, 6.07) is 0.0461. The van der Waals surface area contributed by atoms with Gasteiger partial charge in [0.05, 0.1) is 22.4 Å². The Kier molecular flexibility index (Phi) is 4.65. The van der Waals surface area contributed by atoms with Crippen LogP contribution in [0.3, 0.4) is 0 Å². The zero-order valence-electron chi connectivity index (χ0n) is 12.0. The summed E-state index contributed by atoms with van der Waals surface area (Å²) in [7, 11) is 0. The Labute approximate surface area is 135 Å². The zero-order valence-corrected chi connectivity index (χ0v) is 12.0. The lowest BCUT2D eigenvalue weighted by molar-refractivity contribution is -0.140. The average Bonchev–Trinajstić information content (AvgIpc) is 2.48. The first kappa shape index (κ1) is 18.6. The Morgan fingerprint density at radius 3 is 1.96 bits per heavy atom. The molecule has 0 radical (unpaired) electrons. The normalized spacial score (nSPS) is 12.1.